The van der Waals surface area contributed by atoms with Crippen molar-refractivity contribution in [2.45, 2.75) is 47.2 Å². The Bertz CT molecular complexity index is 568. The average Bonchev–Trinajstić information content (AvgIpc) is 3.02. The van der Waals surface area contributed by atoms with E-state index in [0.29, 0.717) is 18.4 Å². The fourth-order valence-corrected chi connectivity index (χ4v) is 3.44. The summed E-state index contributed by atoms with van der Waals surface area (Å²) in [5, 5.41) is 3.16. The monoisotopic (exact) mass is 336 g/mol. The lowest BCUT2D eigenvalue weighted by molar-refractivity contribution is -0.126. The Labute approximate surface area is 145 Å². The number of ether oxygens (including phenoxy) is 1. The fraction of sp³-hybridized carbons (Fsp3) is 0.778. The third-order valence-corrected chi connectivity index (χ3v) is 5.16. The van der Waals surface area contributed by atoms with Gasteiger partial charge in [-0.15, -0.1) is 0 Å². The lowest BCUT2D eigenvalue weighted by Crippen LogP contribution is -2.43. The molecule has 0 aliphatic carbocycles. The third-order valence-electron chi connectivity index (χ3n) is 5.16. The van der Waals surface area contributed by atoms with Gasteiger partial charge in [0.15, 0.2) is 0 Å². The Morgan fingerprint density at radius 2 is 2.08 bits per heavy atom. The molecule has 0 saturated carbocycles. The molecule has 6 nitrogen and oxygen atoms in total. The molecule has 0 bridgehead atoms. The standard InChI is InChI=1S/C18H32N4O2/c1-7-24-11-18(23)20-16-9-22(8-15(16)12(2)3)10-17-19-13(4)14(5)21(17)6/h12,15-16H,7-11H2,1-6H3,(H,20,23)/t15-,16+/m1/s1. The Morgan fingerprint density at radius 3 is 2.62 bits per heavy atom. The van der Waals surface area contributed by atoms with Gasteiger partial charge < -0.3 is 14.6 Å². The molecule has 1 aromatic heterocycles. The number of likely N-dealkylation sites (tertiary alicyclic amines) is 1. The predicted molar refractivity (Wildman–Crippen MR) is 94.7 cm³/mol. The van der Waals surface area contributed by atoms with Gasteiger partial charge in [0, 0.05) is 38.5 Å². The second kappa shape index (κ2) is 8.12. The van der Waals surface area contributed by atoms with Crippen molar-refractivity contribution in [1.29, 1.82) is 0 Å². The molecule has 0 spiro atoms. The molecule has 1 aromatic rings. The van der Waals surface area contributed by atoms with Crippen molar-refractivity contribution < 1.29 is 9.53 Å². The highest BCUT2D eigenvalue weighted by Gasteiger charge is 2.36. The normalized spacial score (nSPS) is 21.6. The fourth-order valence-electron chi connectivity index (χ4n) is 3.44. The van der Waals surface area contributed by atoms with E-state index in [0.717, 1.165) is 31.2 Å². The molecule has 2 heterocycles. The Hall–Kier alpha value is -1.40. The van der Waals surface area contributed by atoms with Crippen molar-refractivity contribution in [3.63, 3.8) is 0 Å². The molecule has 2 atom stereocenters. The molecule has 1 aliphatic heterocycles. The second-order valence-electron chi connectivity index (χ2n) is 7.17. The molecule has 1 amide bonds. The predicted octanol–water partition coefficient (Wildman–Crippen LogP) is 1.65. The van der Waals surface area contributed by atoms with Gasteiger partial charge in [-0.05, 0) is 32.6 Å². The first-order chi connectivity index (χ1) is 11.3. The van der Waals surface area contributed by atoms with Crippen LogP contribution in [0.4, 0.5) is 0 Å². The Balaban J connectivity index is 2.01. The van der Waals surface area contributed by atoms with Crippen molar-refractivity contribution >= 4 is 5.91 Å². The number of rotatable bonds is 7. The Kier molecular flexibility index (Phi) is 6.40. The summed E-state index contributed by atoms with van der Waals surface area (Å²) < 4.78 is 7.38. The zero-order valence-electron chi connectivity index (χ0n) is 15.9. The number of nitrogens with one attached hydrogen (secondary N) is 1. The van der Waals surface area contributed by atoms with Gasteiger partial charge in [-0.2, -0.15) is 0 Å². The zero-order valence-corrected chi connectivity index (χ0v) is 15.9. The maximum Gasteiger partial charge on any atom is 0.246 e. The van der Waals surface area contributed by atoms with E-state index in [4.69, 9.17) is 4.74 Å². The highest BCUT2D eigenvalue weighted by Crippen LogP contribution is 2.26. The maximum atomic E-state index is 12.0. The maximum absolute atomic E-state index is 12.0. The molecule has 24 heavy (non-hydrogen) atoms. The van der Waals surface area contributed by atoms with E-state index in [-0.39, 0.29) is 18.6 Å². The number of aryl methyl sites for hydroxylation is 1. The topological polar surface area (TPSA) is 59.4 Å². The minimum atomic E-state index is -0.0157. The number of carbonyl (C=O) groups excluding carboxylic acids is 1. The van der Waals surface area contributed by atoms with Gasteiger partial charge in [0.2, 0.25) is 5.91 Å². The SMILES string of the molecule is CCOCC(=O)N[C@H]1CN(Cc2nc(C)c(C)n2C)C[C@@H]1C(C)C. The molecule has 0 unspecified atom stereocenters. The lowest BCUT2D eigenvalue weighted by atomic mass is 9.91. The van der Waals surface area contributed by atoms with Crippen LogP contribution in [-0.4, -0.2) is 52.7 Å². The van der Waals surface area contributed by atoms with Crippen LogP contribution in [0, 0.1) is 25.7 Å². The van der Waals surface area contributed by atoms with E-state index < -0.39 is 0 Å². The van der Waals surface area contributed by atoms with Crippen LogP contribution in [0.15, 0.2) is 0 Å². The smallest absolute Gasteiger partial charge is 0.246 e. The molecular formula is C18H32N4O2. The van der Waals surface area contributed by atoms with Crippen molar-refractivity contribution in [2.24, 2.45) is 18.9 Å². The Morgan fingerprint density at radius 1 is 1.38 bits per heavy atom. The first-order valence-corrected chi connectivity index (χ1v) is 8.91. The second-order valence-corrected chi connectivity index (χ2v) is 7.17. The van der Waals surface area contributed by atoms with E-state index >= 15 is 0 Å². The van der Waals surface area contributed by atoms with E-state index in [9.17, 15) is 4.79 Å². The highest BCUT2D eigenvalue weighted by atomic mass is 16.5. The van der Waals surface area contributed by atoms with Gasteiger partial charge in [0.05, 0.1) is 12.2 Å². The van der Waals surface area contributed by atoms with Crippen LogP contribution in [0.25, 0.3) is 0 Å². The van der Waals surface area contributed by atoms with Gasteiger partial charge in [-0.3, -0.25) is 9.69 Å². The van der Waals surface area contributed by atoms with Crippen molar-refractivity contribution in [2.75, 3.05) is 26.3 Å². The van der Waals surface area contributed by atoms with Gasteiger partial charge in [-0.1, -0.05) is 13.8 Å². The van der Waals surface area contributed by atoms with E-state index in [1.807, 2.05) is 6.92 Å². The van der Waals surface area contributed by atoms with Gasteiger partial charge in [0.25, 0.3) is 0 Å². The number of carbonyl (C=O) groups is 1. The number of aromatic nitrogens is 2. The number of hydrogen-bond donors (Lipinski definition) is 1. The van der Waals surface area contributed by atoms with E-state index in [1.165, 1.54) is 5.69 Å². The molecule has 0 aromatic carbocycles. The first-order valence-electron chi connectivity index (χ1n) is 8.91. The number of hydrogen-bond acceptors (Lipinski definition) is 4. The summed E-state index contributed by atoms with van der Waals surface area (Å²) in [6.45, 7) is 13.9. The molecule has 1 fully saturated rings. The summed E-state index contributed by atoms with van der Waals surface area (Å²) >= 11 is 0. The number of imidazole rings is 1. The molecule has 2 rings (SSSR count). The van der Waals surface area contributed by atoms with Crippen LogP contribution >= 0.6 is 0 Å². The largest absolute Gasteiger partial charge is 0.372 e. The highest BCUT2D eigenvalue weighted by molar-refractivity contribution is 5.77. The minimum Gasteiger partial charge on any atom is -0.372 e. The third kappa shape index (κ3) is 4.36. The van der Waals surface area contributed by atoms with Crippen LogP contribution in [0.5, 0.6) is 0 Å². The molecule has 0 radical (unpaired) electrons. The number of amides is 1. The average molecular weight is 336 g/mol. The molecule has 1 saturated heterocycles. The minimum absolute atomic E-state index is 0.0157. The summed E-state index contributed by atoms with van der Waals surface area (Å²) in [5.74, 6) is 2.06. The summed E-state index contributed by atoms with van der Waals surface area (Å²) in [6, 6.07) is 0.181. The zero-order chi connectivity index (χ0) is 17.9. The van der Waals surface area contributed by atoms with Crippen LogP contribution in [0.3, 0.4) is 0 Å². The first kappa shape index (κ1) is 18.9. The van der Waals surface area contributed by atoms with Crippen molar-refractivity contribution in [3.8, 4) is 0 Å². The van der Waals surface area contributed by atoms with Crippen LogP contribution < -0.4 is 5.32 Å². The summed E-state index contributed by atoms with van der Waals surface area (Å²) in [6.07, 6.45) is 0. The summed E-state index contributed by atoms with van der Waals surface area (Å²) in [5.41, 5.74) is 2.31. The van der Waals surface area contributed by atoms with Gasteiger partial charge in [-0.25, -0.2) is 4.98 Å². The summed E-state index contributed by atoms with van der Waals surface area (Å²) in [7, 11) is 2.07. The van der Waals surface area contributed by atoms with Crippen LogP contribution in [-0.2, 0) is 23.1 Å². The van der Waals surface area contributed by atoms with Crippen molar-refractivity contribution in [3.05, 3.63) is 17.2 Å². The molecule has 1 N–H and O–H groups in total. The van der Waals surface area contributed by atoms with Gasteiger partial charge >= 0.3 is 0 Å². The lowest BCUT2D eigenvalue weighted by Gasteiger charge is -2.22. The molecule has 1 aliphatic rings. The molecule has 136 valence electrons. The van der Waals surface area contributed by atoms with Crippen molar-refractivity contribution in [1.82, 2.24) is 19.8 Å². The van der Waals surface area contributed by atoms with Gasteiger partial charge in [0.1, 0.15) is 12.4 Å². The quantitative estimate of drug-likeness (QED) is 0.822. The summed E-state index contributed by atoms with van der Waals surface area (Å²) in [4.78, 5) is 19.1. The molecular weight excluding hydrogens is 304 g/mol. The van der Waals surface area contributed by atoms with Crippen LogP contribution in [0.1, 0.15) is 38.0 Å². The van der Waals surface area contributed by atoms with E-state index in [2.05, 4.69) is 54.5 Å². The van der Waals surface area contributed by atoms with E-state index in [1.54, 1.807) is 0 Å². The van der Waals surface area contributed by atoms with Crippen LogP contribution in [0.2, 0.25) is 0 Å². The molecule has 6 heteroatoms. The number of nitrogens with zero attached hydrogens (tertiary/aromatic N) is 3.